The minimum absolute atomic E-state index is 0.0987. The van der Waals surface area contributed by atoms with Crippen molar-refractivity contribution in [2.45, 2.75) is 59.1 Å². The summed E-state index contributed by atoms with van der Waals surface area (Å²) in [5.74, 6) is 0.556. The maximum Gasteiger partial charge on any atom is 0.410 e. The molecule has 1 saturated heterocycles. The molecule has 1 amide bonds. The zero-order valence-electron chi connectivity index (χ0n) is 20.5. The van der Waals surface area contributed by atoms with E-state index in [2.05, 4.69) is 15.0 Å². The van der Waals surface area contributed by atoms with Gasteiger partial charge in [0.2, 0.25) is 0 Å². The van der Waals surface area contributed by atoms with Crippen LogP contribution >= 0.6 is 34.5 Å². The summed E-state index contributed by atoms with van der Waals surface area (Å²) in [5.41, 5.74) is 1.79. The number of carbonyl (C=O) groups is 1. The van der Waals surface area contributed by atoms with Crippen LogP contribution in [0.3, 0.4) is 0 Å². The van der Waals surface area contributed by atoms with Gasteiger partial charge in [-0.25, -0.2) is 24.1 Å². The normalized spacial score (nSPS) is 16.9. The molecule has 1 atom stereocenters. The van der Waals surface area contributed by atoms with E-state index in [1.54, 1.807) is 16.5 Å². The second-order valence-electron chi connectivity index (χ2n) is 9.85. The number of hydrogen-bond donors (Lipinski definition) is 0. The number of ether oxygens (including phenoxy) is 1. The van der Waals surface area contributed by atoms with Crippen LogP contribution in [-0.2, 0) is 4.74 Å². The Morgan fingerprint density at radius 3 is 2.57 bits per heavy atom. The maximum absolute atomic E-state index is 13.4. The molecule has 35 heavy (non-hydrogen) atoms. The third kappa shape index (κ3) is 5.10. The summed E-state index contributed by atoms with van der Waals surface area (Å²) in [4.78, 5) is 43.0. The molecule has 1 fully saturated rings. The monoisotopic (exact) mass is 538 g/mol. The van der Waals surface area contributed by atoms with Crippen LogP contribution in [0.25, 0.3) is 16.0 Å². The Kier molecular flexibility index (Phi) is 7.00. The number of rotatable bonds is 3. The van der Waals surface area contributed by atoms with Gasteiger partial charge >= 0.3 is 11.8 Å². The van der Waals surface area contributed by atoms with Crippen LogP contribution < -0.4 is 10.6 Å². The fraction of sp³-hybridized carbons (Fsp3) is 0.522. The van der Waals surface area contributed by atoms with E-state index in [-0.39, 0.29) is 28.2 Å². The fourth-order valence-electron chi connectivity index (χ4n) is 4.06. The summed E-state index contributed by atoms with van der Waals surface area (Å²) in [7, 11) is 0. The van der Waals surface area contributed by atoms with Crippen molar-refractivity contribution in [2.24, 2.45) is 0 Å². The Bertz CT molecular complexity index is 1330. The first-order valence-electron chi connectivity index (χ1n) is 11.3. The molecule has 4 heterocycles. The van der Waals surface area contributed by atoms with Gasteiger partial charge in [0.15, 0.2) is 5.65 Å². The van der Waals surface area contributed by atoms with Crippen molar-refractivity contribution in [3.63, 3.8) is 0 Å². The summed E-state index contributed by atoms with van der Waals surface area (Å²) in [6.07, 6.45) is -0.361. The average Bonchev–Trinajstić information content (AvgIpc) is 3.23. The highest BCUT2D eigenvalue weighted by Crippen LogP contribution is 2.34. The number of pyridine rings is 1. The first-order chi connectivity index (χ1) is 16.4. The van der Waals surface area contributed by atoms with Crippen molar-refractivity contribution in [1.82, 2.24) is 24.4 Å². The molecular weight excluding hydrogens is 511 g/mol. The zero-order chi connectivity index (χ0) is 25.7. The molecule has 1 aliphatic heterocycles. The van der Waals surface area contributed by atoms with E-state index in [0.717, 1.165) is 5.69 Å². The van der Waals surface area contributed by atoms with Gasteiger partial charge in [-0.3, -0.25) is 0 Å². The molecule has 0 saturated carbocycles. The lowest BCUT2D eigenvalue weighted by molar-refractivity contribution is 0.0218. The summed E-state index contributed by atoms with van der Waals surface area (Å²) in [6.45, 7) is 12.8. The van der Waals surface area contributed by atoms with Gasteiger partial charge in [-0.15, -0.1) is 11.3 Å². The van der Waals surface area contributed by atoms with Gasteiger partial charge in [0.25, 0.3) is 0 Å². The summed E-state index contributed by atoms with van der Waals surface area (Å²) >= 11 is 14.0. The van der Waals surface area contributed by atoms with Crippen LogP contribution in [0.1, 0.15) is 53.2 Å². The number of carbonyl (C=O) groups excluding carboxylic acids is 1. The molecule has 0 radical (unpaired) electrons. The molecule has 12 heteroatoms. The fourth-order valence-corrected chi connectivity index (χ4v) is 5.29. The lowest BCUT2D eigenvalue weighted by atomic mass is 10.1. The number of anilines is 1. The van der Waals surface area contributed by atoms with Crippen molar-refractivity contribution >= 4 is 57.5 Å². The Balaban J connectivity index is 1.79. The van der Waals surface area contributed by atoms with E-state index in [4.69, 9.17) is 27.9 Å². The minimum Gasteiger partial charge on any atom is -0.444 e. The highest BCUT2D eigenvalue weighted by atomic mass is 35.5. The van der Waals surface area contributed by atoms with Crippen molar-refractivity contribution in [3.8, 4) is 5.00 Å². The minimum atomic E-state index is -0.576. The van der Waals surface area contributed by atoms with Gasteiger partial charge < -0.3 is 14.5 Å². The number of hydrogen-bond acceptors (Lipinski definition) is 8. The summed E-state index contributed by atoms with van der Waals surface area (Å²) in [6, 6.07) is 1.55. The van der Waals surface area contributed by atoms with Gasteiger partial charge in [0.05, 0.1) is 21.6 Å². The standard InChI is InChI=1S/C23H28Cl2N6O3S/c1-12(2)16-20(35-11-26-16)31-19-14(9-15(24)17(25)27-19)18(28-21(31)32)30-8-7-29(10-13(30)3)22(33)34-23(4,5)6/h9,11-13H,7-8,10H2,1-6H3. The highest BCUT2D eigenvalue weighted by molar-refractivity contribution is 7.12. The average molecular weight is 539 g/mol. The molecule has 3 aromatic rings. The summed E-state index contributed by atoms with van der Waals surface area (Å²) in [5, 5.41) is 1.62. The van der Waals surface area contributed by atoms with E-state index in [1.165, 1.54) is 15.9 Å². The number of piperazine rings is 1. The van der Waals surface area contributed by atoms with Crippen LogP contribution in [0.5, 0.6) is 0 Å². The topological polar surface area (TPSA) is 93.5 Å². The lowest BCUT2D eigenvalue weighted by Crippen LogP contribution is -2.55. The molecule has 9 nitrogen and oxygen atoms in total. The number of thiazole rings is 1. The van der Waals surface area contributed by atoms with Gasteiger partial charge in [0.1, 0.15) is 21.6 Å². The molecule has 1 unspecified atom stereocenters. The summed E-state index contributed by atoms with van der Waals surface area (Å²) < 4.78 is 6.98. The van der Waals surface area contributed by atoms with E-state index >= 15 is 0 Å². The van der Waals surface area contributed by atoms with Crippen LogP contribution in [0.2, 0.25) is 10.2 Å². The third-order valence-electron chi connectivity index (χ3n) is 5.64. The van der Waals surface area contributed by atoms with Crippen molar-refractivity contribution in [2.75, 3.05) is 24.5 Å². The molecule has 0 spiro atoms. The predicted octanol–water partition coefficient (Wildman–Crippen LogP) is 5.11. The number of fused-ring (bicyclic) bond motifs is 1. The molecule has 3 aromatic heterocycles. The van der Waals surface area contributed by atoms with Gasteiger partial charge in [-0.05, 0) is 39.7 Å². The molecule has 0 bridgehead atoms. The van der Waals surface area contributed by atoms with E-state index in [0.29, 0.717) is 41.5 Å². The Morgan fingerprint density at radius 2 is 1.94 bits per heavy atom. The number of nitrogens with zero attached hydrogens (tertiary/aromatic N) is 6. The van der Waals surface area contributed by atoms with E-state index < -0.39 is 11.3 Å². The van der Waals surface area contributed by atoms with Crippen LogP contribution in [0, 0.1) is 0 Å². The second-order valence-corrected chi connectivity index (χ2v) is 11.5. The third-order valence-corrected chi connectivity index (χ3v) is 7.13. The van der Waals surface area contributed by atoms with E-state index in [1.807, 2.05) is 46.4 Å². The molecule has 1 aliphatic rings. The van der Waals surface area contributed by atoms with Crippen LogP contribution in [0.4, 0.5) is 10.6 Å². The molecule has 4 rings (SSSR count). The Hall–Kier alpha value is -2.43. The zero-order valence-corrected chi connectivity index (χ0v) is 22.8. The van der Waals surface area contributed by atoms with Crippen molar-refractivity contribution in [1.29, 1.82) is 0 Å². The van der Waals surface area contributed by atoms with Crippen LogP contribution in [0.15, 0.2) is 16.4 Å². The molecular formula is C23H28Cl2N6O3S. The molecule has 0 aromatic carbocycles. The largest absolute Gasteiger partial charge is 0.444 e. The Morgan fingerprint density at radius 1 is 1.23 bits per heavy atom. The Labute approximate surface area is 217 Å². The number of amides is 1. The van der Waals surface area contributed by atoms with Gasteiger partial charge in [-0.2, -0.15) is 4.98 Å². The quantitative estimate of drug-likeness (QED) is 0.427. The maximum atomic E-state index is 13.4. The first-order valence-corrected chi connectivity index (χ1v) is 13.0. The lowest BCUT2D eigenvalue weighted by Gasteiger charge is -2.41. The van der Waals surface area contributed by atoms with Crippen molar-refractivity contribution < 1.29 is 9.53 Å². The van der Waals surface area contributed by atoms with E-state index in [9.17, 15) is 9.59 Å². The van der Waals surface area contributed by atoms with Crippen molar-refractivity contribution in [3.05, 3.63) is 37.9 Å². The first kappa shape index (κ1) is 25.7. The van der Waals surface area contributed by atoms with Gasteiger partial charge in [0, 0.05) is 25.7 Å². The smallest absolute Gasteiger partial charge is 0.410 e. The van der Waals surface area contributed by atoms with Crippen LogP contribution in [-0.4, -0.2) is 61.8 Å². The second kappa shape index (κ2) is 9.55. The SMILES string of the molecule is CC(C)c1ncsc1-n1c(=O)nc(N2CCN(C(=O)OC(C)(C)C)CC2C)c2cc(Cl)c(Cl)nc21. The molecule has 0 N–H and O–H groups in total. The number of aromatic nitrogens is 4. The number of halogens is 2. The van der Waals surface area contributed by atoms with Gasteiger partial charge in [-0.1, -0.05) is 37.0 Å². The highest BCUT2D eigenvalue weighted by Gasteiger charge is 2.32. The predicted molar refractivity (Wildman–Crippen MR) is 140 cm³/mol. The molecule has 0 aliphatic carbocycles. The molecule has 188 valence electrons.